The number of aromatic nitrogens is 1. The molecular formula is C10H9BrN2O2. The van der Waals surface area contributed by atoms with Gasteiger partial charge in [-0.25, -0.2) is 0 Å². The second-order valence-electron chi connectivity index (χ2n) is 3.40. The Morgan fingerprint density at radius 1 is 1.47 bits per heavy atom. The first-order valence-electron chi connectivity index (χ1n) is 4.62. The first-order valence-corrected chi connectivity index (χ1v) is 5.41. The molecule has 1 fully saturated rings. The van der Waals surface area contributed by atoms with E-state index in [2.05, 4.69) is 26.2 Å². The molecular weight excluding hydrogens is 260 g/mol. The summed E-state index contributed by atoms with van der Waals surface area (Å²) in [5.74, 6) is -0.761. The topological polar surface area (TPSA) is 59.1 Å². The Labute approximate surface area is 95.2 Å². The van der Waals surface area contributed by atoms with E-state index in [-0.39, 0.29) is 17.7 Å². The molecule has 1 aliphatic rings. The molecule has 0 bridgehead atoms. The smallest absolute Gasteiger partial charge is 0.235 e. The lowest BCUT2D eigenvalue weighted by atomic mass is 9.94. The molecule has 2 heterocycles. The third kappa shape index (κ3) is 2.23. The zero-order valence-electron chi connectivity index (χ0n) is 7.87. The molecule has 1 aromatic heterocycles. The minimum atomic E-state index is -0.305. The molecule has 0 spiro atoms. The molecule has 78 valence electrons. The van der Waals surface area contributed by atoms with Crippen LogP contribution in [0.1, 0.15) is 24.5 Å². The molecule has 1 unspecified atom stereocenters. The van der Waals surface area contributed by atoms with Crippen molar-refractivity contribution in [3.05, 3.63) is 28.5 Å². The number of nitrogens with zero attached hydrogens (tertiary/aromatic N) is 1. The maximum atomic E-state index is 11.5. The average molecular weight is 269 g/mol. The molecule has 0 aliphatic carbocycles. The van der Waals surface area contributed by atoms with Crippen LogP contribution in [-0.4, -0.2) is 16.8 Å². The van der Waals surface area contributed by atoms with E-state index in [0.29, 0.717) is 18.5 Å². The van der Waals surface area contributed by atoms with E-state index >= 15 is 0 Å². The number of piperidine rings is 1. The van der Waals surface area contributed by atoms with Gasteiger partial charge >= 0.3 is 0 Å². The number of pyridine rings is 1. The fourth-order valence-corrected chi connectivity index (χ4v) is 1.94. The van der Waals surface area contributed by atoms with Crippen molar-refractivity contribution in [1.82, 2.24) is 10.3 Å². The molecule has 1 N–H and O–H groups in total. The zero-order valence-corrected chi connectivity index (χ0v) is 9.45. The van der Waals surface area contributed by atoms with E-state index < -0.39 is 0 Å². The maximum absolute atomic E-state index is 11.5. The first-order chi connectivity index (χ1) is 7.16. The number of hydrogen-bond acceptors (Lipinski definition) is 3. The summed E-state index contributed by atoms with van der Waals surface area (Å²) in [6, 6.07) is 3.61. The van der Waals surface area contributed by atoms with Crippen molar-refractivity contribution in [2.24, 2.45) is 0 Å². The van der Waals surface area contributed by atoms with Gasteiger partial charge in [0.05, 0.1) is 11.6 Å². The largest absolute Gasteiger partial charge is 0.296 e. The highest BCUT2D eigenvalue weighted by Crippen LogP contribution is 2.24. The molecule has 1 aliphatic heterocycles. The molecule has 0 saturated carbocycles. The monoisotopic (exact) mass is 268 g/mol. The molecule has 1 saturated heterocycles. The first kappa shape index (κ1) is 10.3. The predicted molar refractivity (Wildman–Crippen MR) is 57.1 cm³/mol. The van der Waals surface area contributed by atoms with Gasteiger partial charge in [-0.15, -0.1) is 0 Å². The second kappa shape index (κ2) is 4.10. The fraction of sp³-hybridized carbons (Fsp3) is 0.300. The molecule has 15 heavy (non-hydrogen) atoms. The van der Waals surface area contributed by atoms with Gasteiger partial charge in [0.15, 0.2) is 0 Å². The lowest BCUT2D eigenvalue weighted by Gasteiger charge is -2.20. The molecule has 4 nitrogen and oxygen atoms in total. The van der Waals surface area contributed by atoms with Crippen molar-refractivity contribution in [2.75, 3.05) is 0 Å². The summed E-state index contributed by atoms with van der Waals surface area (Å²) < 4.78 is 0.886. The molecule has 1 aromatic rings. The Kier molecular flexibility index (Phi) is 2.81. The van der Waals surface area contributed by atoms with Crippen LogP contribution >= 0.6 is 15.9 Å². The van der Waals surface area contributed by atoms with Gasteiger partial charge in [-0.1, -0.05) is 15.9 Å². The molecule has 1 atom stereocenters. The van der Waals surface area contributed by atoms with Crippen LogP contribution in [0, 0.1) is 0 Å². The molecule has 0 radical (unpaired) electrons. The number of hydrogen-bond donors (Lipinski definition) is 1. The van der Waals surface area contributed by atoms with Crippen LogP contribution in [-0.2, 0) is 9.59 Å². The van der Waals surface area contributed by atoms with E-state index in [9.17, 15) is 9.59 Å². The minimum Gasteiger partial charge on any atom is -0.296 e. The normalized spacial score (nSPS) is 21.3. The van der Waals surface area contributed by atoms with Crippen LogP contribution in [0.25, 0.3) is 0 Å². The summed E-state index contributed by atoms with van der Waals surface area (Å²) in [6.45, 7) is 0. The summed E-state index contributed by atoms with van der Waals surface area (Å²) in [7, 11) is 0. The van der Waals surface area contributed by atoms with Gasteiger partial charge in [-0.05, 0) is 18.6 Å². The van der Waals surface area contributed by atoms with Gasteiger partial charge in [-0.3, -0.25) is 19.9 Å². The van der Waals surface area contributed by atoms with Crippen LogP contribution < -0.4 is 5.32 Å². The fourth-order valence-electron chi connectivity index (χ4n) is 1.59. The van der Waals surface area contributed by atoms with E-state index in [4.69, 9.17) is 0 Å². The summed E-state index contributed by atoms with van der Waals surface area (Å²) in [6.07, 6.45) is 2.56. The Morgan fingerprint density at radius 2 is 2.27 bits per heavy atom. The van der Waals surface area contributed by atoms with E-state index in [1.807, 2.05) is 0 Å². The van der Waals surface area contributed by atoms with E-state index in [0.717, 1.165) is 4.47 Å². The van der Waals surface area contributed by atoms with E-state index in [1.54, 1.807) is 18.3 Å². The number of nitrogens with one attached hydrogen (secondary N) is 1. The van der Waals surface area contributed by atoms with Gasteiger partial charge in [0.2, 0.25) is 11.8 Å². The Balaban J connectivity index is 2.24. The van der Waals surface area contributed by atoms with Gasteiger partial charge in [-0.2, -0.15) is 0 Å². The number of rotatable bonds is 1. The minimum absolute atomic E-state index is 0.203. The summed E-state index contributed by atoms with van der Waals surface area (Å²) in [5.41, 5.74) is 0.703. The highest BCUT2D eigenvalue weighted by atomic mass is 79.9. The van der Waals surface area contributed by atoms with E-state index in [1.165, 1.54) is 0 Å². The van der Waals surface area contributed by atoms with Crippen molar-refractivity contribution in [3.8, 4) is 0 Å². The Hall–Kier alpha value is -1.23. The number of halogens is 1. The van der Waals surface area contributed by atoms with Crippen molar-refractivity contribution in [3.63, 3.8) is 0 Å². The lowest BCUT2D eigenvalue weighted by Crippen LogP contribution is -2.39. The molecule has 5 heteroatoms. The number of carbonyl (C=O) groups is 2. The summed E-state index contributed by atoms with van der Waals surface area (Å²) in [5, 5.41) is 2.31. The van der Waals surface area contributed by atoms with Crippen molar-refractivity contribution in [2.45, 2.75) is 18.8 Å². The van der Waals surface area contributed by atoms with Gasteiger partial charge in [0, 0.05) is 17.1 Å². The summed E-state index contributed by atoms with van der Waals surface area (Å²) >= 11 is 3.32. The quantitative estimate of drug-likeness (QED) is 0.783. The third-order valence-electron chi connectivity index (χ3n) is 2.34. The molecule has 0 aromatic carbocycles. The highest BCUT2D eigenvalue weighted by Gasteiger charge is 2.28. The second-order valence-corrected chi connectivity index (χ2v) is 4.32. The van der Waals surface area contributed by atoms with Crippen molar-refractivity contribution in [1.29, 1.82) is 0 Å². The summed E-state index contributed by atoms with van der Waals surface area (Å²) in [4.78, 5) is 26.6. The van der Waals surface area contributed by atoms with Gasteiger partial charge < -0.3 is 0 Å². The average Bonchev–Trinajstić information content (AvgIpc) is 2.17. The zero-order chi connectivity index (χ0) is 10.8. The Morgan fingerprint density at radius 3 is 2.93 bits per heavy atom. The van der Waals surface area contributed by atoms with Crippen LogP contribution in [0.2, 0.25) is 0 Å². The van der Waals surface area contributed by atoms with Crippen molar-refractivity contribution < 1.29 is 9.59 Å². The standard InChI is InChI=1S/C10H9BrN2O2/c11-6-3-4-12-8(5-6)7-1-2-9(14)13-10(7)15/h3-5,7H,1-2H2,(H,13,14,15). The van der Waals surface area contributed by atoms with Gasteiger partial charge in [0.25, 0.3) is 0 Å². The maximum Gasteiger partial charge on any atom is 0.235 e. The SMILES string of the molecule is O=C1CCC(c2cc(Br)ccn2)C(=O)N1. The lowest BCUT2D eigenvalue weighted by molar-refractivity contribution is -0.134. The Bertz CT molecular complexity index is 420. The van der Waals surface area contributed by atoms with Crippen LogP contribution in [0.15, 0.2) is 22.8 Å². The van der Waals surface area contributed by atoms with Crippen LogP contribution in [0.3, 0.4) is 0 Å². The highest BCUT2D eigenvalue weighted by molar-refractivity contribution is 9.10. The molecule has 2 amide bonds. The van der Waals surface area contributed by atoms with Gasteiger partial charge in [0.1, 0.15) is 0 Å². The third-order valence-corrected chi connectivity index (χ3v) is 2.83. The van der Waals surface area contributed by atoms with Crippen LogP contribution in [0.4, 0.5) is 0 Å². The van der Waals surface area contributed by atoms with Crippen LogP contribution in [0.5, 0.6) is 0 Å². The number of imide groups is 1. The van der Waals surface area contributed by atoms with Crippen molar-refractivity contribution >= 4 is 27.7 Å². The number of amides is 2. The molecule has 2 rings (SSSR count). The predicted octanol–water partition coefficient (Wildman–Crippen LogP) is 1.36. The number of carbonyl (C=O) groups excluding carboxylic acids is 2.